The largest absolute Gasteiger partial charge is 0.497 e. The second-order valence-electron chi connectivity index (χ2n) is 8.20. The molecule has 4 rings (SSSR count). The molecule has 2 N–H and O–H groups in total. The quantitative estimate of drug-likeness (QED) is 0.614. The number of benzene rings is 2. The molecule has 6 nitrogen and oxygen atoms in total. The van der Waals surface area contributed by atoms with Gasteiger partial charge in [-0.3, -0.25) is 0 Å². The lowest BCUT2D eigenvalue weighted by Crippen LogP contribution is -2.37. The Hall–Kier alpha value is -2.86. The first kappa shape index (κ1) is 20.4. The summed E-state index contributed by atoms with van der Waals surface area (Å²) in [5, 5.41) is 8.37. The van der Waals surface area contributed by atoms with Crippen LogP contribution in [0.5, 0.6) is 5.75 Å². The first-order chi connectivity index (χ1) is 14.6. The molecule has 0 aliphatic heterocycles. The average Bonchev–Trinajstić information content (AvgIpc) is 2.78. The van der Waals surface area contributed by atoms with Crippen LogP contribution in [0.1, 0.15) is 31.2 Å². The molecule has 3 aromatic rings. The summed E-state index contributed by atoms with van der Waals surface area (Å²) in [6, 6.07) is 17.4. The van der Waals surface area contributed by atoms with Gasteiger partial charge in [0.05, 0.1) is 12.6 Å². The number of ether oxygens (including phenoxy) is 1. The summed E-state index contributed by atoms with van der Waals surface area (Å²) in [5.41, 5.74) is 2.27. The minimum atomic E-state index is 0.417. The van der Waals surface area contributed by atoms with Crippen LogP contribution >= 0.6 is 0 Å². The molecule has 1 fully saturated rings. The van der Waals surface area contributed by atoms with E-state index in [-0.39, 0.29) is 0 Å². The number of fused-ring (bicyclic) bond motifs is 1. The van der Waals surface area contributed by atoms with Crippen molar-refractivity contribution >= 4 is 22.7 Å². The van der Waals surface area contributed by atoms with Crippen LogP contribution < -0.4 is 20.3 Å². The van der Waals surface area contributed by atoms with Crippen molar-refractivity contribution in [2.45, 2.75) is 44.3 Å². The van der Waals surface area contributed by atoms with E-state index in [9.17, 15) is 0 Å². The summed E-state index contributed by atoms with van der Waals surface area (Å²) in [6.07, 6.45) is 4.55. The molecule has 0 atom stereocenters. The second-order valence-corrected chi connectivity index (χ2v) is 8.20. The SMILES string of the molecule is COc1ccc(CN[C@H]2CC[C@@H](Nc3nc(N(C)C)c4ccccc4n3)CC2)cc1. The fourth-order valence-electron chi connectivity index (χ4n) is 4.10. The zero-order valence-electron chi connectivity index (χ0n) is 18.1. The van der Waals surface area contributed by atoms with Gasteiger partial charge in [-0.15, -0.1) is 0 Å². The molecule has 2 aromatic carbocycles. The van der Waals surface area contributed by atoms with Crippen LogP contribution in [0.15, 0.2) is 48.5 Å². The smallest absolute Gasteiger partial charge is 0.225 e. The van der Waals surface area contributed by atoms with Gasteiger partial charge in [-0.25, -0.2) is 4.98 Å². The summed E-state index contributed by atoms with van der Waals surface area (Å²) in [5.74, 6) is 2.59. The molecule has 0 spiro atoms. The van der Waals surface area contributed by atoms with Gasteiger partial charge in [-0.2, -0.15) is 4.98 Å². The van der Waals surface area contributed by atoms with Gasteiger partial charge in [-0.1, -0.05) is 24.3 Å². The molecular weight excluding hydrogens is 374 g/mol. The van der Waals surface area contributed by atoms with Gasteiger partial charge >= 0.3 is 0 Å². The molecule has 0 amide bonds. The molecule has 1 heterocycles. The Bertz CT molecular complexity index is 965. The highest BCUT2D eigenvalue weighted by Gasteiger charge is 2.22. The van der Waals surface area contributed by atoms with E-state index in [0.717, 1.165) is 60.6 Å². The van der Waals surface area contributed by atoms with Gasteiger partial charge in [0, 0.05) is 38.1 Å². The van der Waals surface area contributed by atoms with Crippen LogP contribution in [0.4, 0.5) is 11.8 Å². The van der Waals surface area contributed by atoms with E-state index in [1.807, 2.05) is 38.4 Å². The summed E-state index contributed by atoms with van der Waals surface area (Å²) in [6.45, 7) is 0.896. The molecular formula is C24H31N5O. The van der Waals surface area contributed by atoms with Crippen molar-refractivity contribution in [1.29, 1.82) is 0 Å². The molecule has 158 valence electrons. The number of para-hydroxylation sites is 1. The lowest BCUT2D eigenvalue weighted by Gasteiger charge is -2.30. The highest BCUT2D eigenvalue weighted by Crippen LogP contribution is 2.26. The van der Waals surface area contributed by atoms with Crippen LogP contribution in [0.25, 0.3) is 10.9 Å². The normalized spacial score (nSPS) is 18.9. The summed E-state index contributed by atoms with van der Waals surface area (Å²) in [7, 11) is 5.75. The number of rotatable bonds is 7. The molecule has 0 unspecified atom stereocenters. The van der Waals surface area contributed by atoms with Crippen molar-refractivity contribution in [2.24, 2.45) is 0 Å². The van der Waals surface area contributed by atoms with Crippen LogP contribution in [0, 0.1) is 0 Å². The fourth-order valence-corrected chi connectivity index (χ4v) is 4.10. The van der Waals surface area contributed by atoms with Gasteiger partial charge in [0.15, 0.2) is 0 Å². The van der Waals surface area contributed by atoms with Crippen molar-refractivity contribution in [1.82, 2.24) is 15.3 Å². The van der Waals surface area contributed by atoms with E-state index in [4.69, 9.17) is 14.7 Å². The Morgan fingerprint density at radius 1 is 0.933 bits per heavy atom. The van der Waals surface area contributed by atoms with E-state index < -0.39 is 0 Å². The highest BCUT2D eigenvalue weighted by molar-refractivity contribution is 5.90. The Morgan fingerprint density at radius 2 is 1.63 bits per heavy atom. The van der Waals surface area contributed by atoms with Crippen LogP contribution in [0.3, 0.4) is 0 Å². The van der Waals surface area contributed by atoms with E-state index in [2.05, 4.69) is 39.8 Å². The van der Waals surface area contributed by atoms with Crippen molar-refractivity contribution < 1.29 is 4.74 Å². The Balaban J connectivity index is 1.32. The van der Waals surface area contributed by atoms with E-state index >= 15 is 0 Å². The van der Waals surface area contributed by atoms with Gasteiger partial charge in [0.25, 0.3) is 0 Å². The van der Waals surface area contributed by atoms with Crippen LogP contribution in [-0.4, -0.2) is 43.3 Å². The average molecular weight is 406 g/mol. The number of hydrogen-bond donors (Lipinski definition) is 2. The fraction of sp³-hybridized carbons (Fsp3) is 0.417. The summed E-state index contributed by atoms with van der Waals surface area (Å²) < 4.78 is 5.23. The molecule has 1 aliphatic carbocycles. The van der Waals surface area contributed by atoms with Gasteiger partial charge < -0.3 is 20.3 Å². The number of aromatic nitrogens is 2. The number of methoxy groups -OCH3 is 1. The maximum absolute atomic E-state index is 5.23. The summed E-state index contributed by atoms with van der Waals surface area (Å²) >= 11 is 0. The monoisotopic (exact) mass is 405 g/mol. The molecule has 6 heteroatoms. The number of hydrogen-bond acceptors (Lipinski definition) is 6. The topological polar surface area (TPSA) is 62.3 Å². The Labute approximate surface area is 178 Å². The first-order valence-corrected chi connectivity index (χ1v) is 10.7. The minimum Gasteiger partial charge on any atom is -0.497 e. The molecule has 1 aromatic heterocycles. The molecule has 1 aliphatic rings. The standard InChI is InChI=1S/C24H31N5O/c1-29(2)23-21-6-4-5-7-22(21)27-24(28-23)26-19-12-10-18(11-13-19)25-16-17-8-14-20(30-3)15-9-17/h4-9,14-15,18-19,25H,10-13,16H2,1-3H3,(H,26,27,28)/t18-,19+. The first-order valence-electron chi connectivity index (χ1n) is 10.7. The third-order valence-corrected chi connectivity index (χ3v) is 5.82. The minimum absolute atomic E-state index is 0.417. The lowest BCUT2D eigenvalue weighted by molar-refractivity contribution is 0.352. The molecule has 0 saturated heterocycles. The van der Waals surface area contributed by atoms with Crippen molar-refractivity contribution in [3.63, 3.8) is 0 Å². The van der Waals surface area contributed by atoms with Crippen molar-refractivity contribution in [3.05, 3.63) is 54.1 Å². The van der Waals surface area contributed by atoms with Gasteiger partial charge in [0.2, 0.25) is 5.95 Å². The second kappa shape index (κ2) is 9.30. The molecule has 0 radical (unpaired) electrons. The Kier molecular flexibility index (Phi) is 6.33. The Morgan fingerprint density at radius 3 is 2.33 bits per heavy atom. The maximum atomic E-state index is 5.23. The van der Waals surface area contributed by atoms with E-state index in [0.29, 0.717) is 12.1 Å². The number of nitrogens with zero attached hydrogens (tertiary/aromatic N) is 3. The predicted octanol–water partition coefficient (Wildman–Crippen LogP) is 4.22. The van der Waals surface area contributed by atoms with Gasteiger partial charge in [0.1, 0.15) is 11.6 Å². The summed E-state index contributed by atoms with van der Waals surface area (Å²) in [4.78, 5) is 11.6. The van der Waals surface area contributed by atoms with Crippen molar-refractivity contribution in [2.75, 3.05) is 31.4 Å². The number of anilines is 2. The third-order valence-electron chi connectivity index (χ3n) is 5.82. The molecule has 1 saturated carbocycles. The van der Waals surface area contributed by atoms with E-state index in [1.54, 1.807) is 7.11 Å². The lowest BCUT2D eigenvalue weighted by atomic mass is 9.91. The third kappa shape index (κ3) is 4.82. The number of nitrogens with one attached hydrogen (secondary N) is 2. The highest BCUT2D eigenvalue weighted by atomic mass is 16.5. The van der Waals surface area contributed by atoms with Crippen LogP contribution in [0.2, 0.25) is 0 Å². The molecule has 0 bridgehead atoms. The zero-order valence-corrected chi connectivity index (χ0v) is 18.1. The maximum Gasteiger partial charge on any atom is 0.225 e. The van der Waals surface area contributed by atoms with Crippen LogP contribution in [-0.2, 0) is 6.54 Å². The van der Waals surface area contributed by atoms with Gasteiger partial charge in [-0.05, 0) is 55.5 Å². The zero-order chi connectivity index (χ0) is 20.9. The predicted molar refractivity (Wildman–Crippen MR) is 123 cm³/mol. The van der Waals surface area contributed by atoms with Crippen molar-refractivity contribution in [3.8, 4) is 5.75 Å². The van der Waals surface area contributed by atoms with E-state index in [1.165, 1.54) is 5.56 Å². The molecule has 30 heavy (non-hydrogen) atoms.